The maximum absolute atomic E-state index is 11.7. The smallest absolute Gasteiger partial charge is 0.408 e. The van der Waals surface area contributed by atoms with E-state index in [4.69, 9.17) is 0 Å². The molecule has 1 atom stereocenters. The molecule has 0 aliphatic carbocycles. The van der Waals surface area contributed by atoms with E-state index in [-0.39, 0.29) is 12.0 Å². The van der Waals surface area contributed by atoms with E-state index in [0.29, 0.717) is 5.82 Å². The van der Waals surface area contributed by atoms with Crippen molar-refractivity contribution in [3.05, 3.63) is 41.7 Å². The zero-order valence-corrected chi connectivity index (χ0v) is 12.3. The van der Waals surface area contributed by atoms with Crippen molar-refractivity contribution in [1.29, 1.82) is 0 Å². The number of hydrogen-bond donors (Lipinski definition) is 2. The first kappa shape index (κ1) is 15.0. The molecule has 0 aliphatic heterocycles. The molecule has 0 bridgehead atoms. The van der Waals surface area contributed by atoms with E-state index >= 15 is 0 Å². The van der Waals surface area contributed by atoms with Crippen molar-refractivity contribution in [3.63, 3.8) is 0 Å². The molecule has 112 valence electrons. The summed E-state index contributed by atoms with van der Waals surface area (Å²) in [7, 11) is 0. The molecular weight excluding hydrogens is 270 g/mol. The number of aromatic amines is 1. The highest BCUT2D eigenvalue weighted by Crippen LogP contribution is 2.36. The molecule has 1 aromatic carbocycles. The lowest BCUT2D eigenvalue weighted by atomic mass is 9.85. The highest BCUT2D eigenvalue weighted by Gasteiger charge is 2.37. The largest absolute Gasteiger partial charge is 0.465 e. The van der Waals surface area contributed by atoms with Gasteiger partial charge in [-0.15, -0.1) is 10.2 Å². The van der Waals surface area contributed by atoms with E-state index in [9.17, 15) is 9.90 Å². The van der Waals surface area contributed by atoms with Crippen molar-refractivity contribution >= 4 is 6.09 Å². The number of carbonyl (C=O) groups is 1. The van der Waals surface area contributed by atoms with Crippen LogP contribution >= 0.6 is 0 Å². The van der Waals surface area contributed by atoms with E-state index in [1.165, 1.54) is 4.90 Å². The summed E-state index contributed by atoms with van der Waals surface area (Å²) < 4.78 is 0. The molecule has 7 nitrogen and oxygen atoms in total. The number of nitrogens with zero attached hydrogens (tertiary/aromatic N) is 4. The van der Waals surface area contributed by atoms with Crippen LogP contribution in [0.4, 0.5) is 4.79 Å². The number of aromatic nitrogens is 4. The van der Waals surface area contributed by atoms with Crippen molar-refractivity contribution < 1.29 is 9.90 Å². The number of H-pyrrole nitrogens is 1. The Labute approximate surface area is 123 Å². The van der Waals surface area contributed by atoms with Crippen molar-refractivity contribution in [1.82, 2.24) is 25.5 Å². The SMILES string of the molecule is CC(C)(C)[C@@H](c1nn[nH]n1)N(Cc1ccccc1)C(=O)O. The van der Waals surface area contributed by atoms with Gasteiger partial charge in [0.1, 0.15) is 6.04 Å². The Morgan fingerprint density at radius 1 is 1.33 bits per heavy atom. The zero-order chi connectivity index (χ0) is 15.5. The Morgan fingerprint density at radius 2 is 2.00 bits per heavy atom. The lowest BCUT2D eigenvalue weighted by Crippen LogP contribution is -2.40. The number of amides is 1. The van der Waals surface area contributed by atoms with Crippen LogP contribution in [0.15, 0.2) is 30.3 Å². The molecule has 1 aromatic heterocycles. The first-order chi connectivity index (χ1) is 9.89. The fourth-order valence-electron chi connectivity index (χ4n) is 2.33. The molecule has 0 radical (unpaired) electrons. The van der Waals surface area contributed by atoms with Gasteiger partial charge in [0.2, 0.25) is 0 Å². The highest BCUT2D eigenvalue weighted by atomic mass is 16.4. The Morgan fingerprint density at radius 3 is 2.48 bits per heavy atom. The molecule has 21 heavy (non-hydrogen) atoms. The number of tetrazole rings is 1. The molecule has 7 heteroatoms. The summed E-state index contributed by atoms with van der Waals surface area (Å²) in [6, 6.07) is 8.97. The first-order valence-electron chi connectivity index (χ1n) is 6.66. The van der Waals surface area contributed by atoms with Crippen LogP contribution in [0.3, 0.4) is 0 Å². The van der Waals surface area contributed by atoms with Gasteiger partial charge in [-0.25, -0.2) is 4.79 Å². The average Bonchev–Trinajstić information content (AvgIpc) is 2.91. The normalized spacial score (nSPS) is 12.9. The van der Waals surface area contributed by atoms with Crippen LogP contribution in [0.25, 0.3) is 0 Å². The quantitative estimate of drug-likeness (QED) is 0.901. The van der Waals surface area contributed by atoms with Gasteiger partial charge in [0.05, 0.1) is 0 Å². The Hall–Kier alpha value is -2.44. The molecule has 2 N–H and O–H groups in total. The number of hydrogen-bond acceptors (Lipinski definition) is 4. The number of carboxylic acid groups (broad SMARTS) is 1. The van der Waals surface area contributed by atoms with Gasteiger partial charge in [-0.3, -0.25) is 4.90 Å². The van der Waals surface area contributed by atoms with Crippen LogP contribution in [0.1, 0.15) is 38.2 Å². The van der Waals surface area contributed by atoms with Crippen LogP contribution in [-0.4, -0.2) is 36.7 Å². The van der Waals surface area contributed by atoms with Crippen molar-refractivity contribution in [2.24, 2.45) is 5.41 Å². The summed E-state index contributed by atoms with van der Waals surface area (Å²) >= 11 is 0. The van der Waals surface area contributed by atoms with Crippen LogP contribution in [0, 0.1) is 5.41 Å². The van der Waals surface area contributed by atoms with Crippen LogP contribution in [-0.2, 0) is 6.54 Å². The van der Waals surface area contributed by atoms with Crippen molar-refractivity contribution in [2.45, 2.75) is 33.4 Å². The van der Waals surface area contributed by atoms with Gasteiger partial charge in [0.15, 0.2) is 5.82 Å². The molecule has 0 spiro atoms. The van der Waals surface area contributed by atoms with Crippen LogP contribution in [0.5, 0.6) is 0 Å². The van der Waals surface area contributed by atoms with Crippen LogP contribution in [0.2, 0.25) is 0 Å². The summed E-state index contributed by atoms with van der Waals surface area (Å²) in [5.74, 6) is 0.376. The van der Waals surface area contributed by atoms with Crippen molar-refractivity contribution in [2.75, 3.05) is 0 Å². The molecule has 2 aromatic rings. The second-order valence-electron chi connectivity index (χ2n) is 5.93. The van der Waals surface area contributed by atoms with Crippen LogP contribution < -0.4 is 0 Å². The minimum absolute atomic E-state index is 0.270. The summed E-state index contributed by atoms with van der Waals surface area (Å²) in [5, 5.41) is 23.5. The van der Waals surface area contributed by atoms with Crippen molar-refractivity contribution in [3.8, 4) is 0 Å². The molecule has 0 aliphatic rings. The van der Waals surface area contributed by atoms with E-state index in [1.54, 1.807) is 0 Å². The molecule has 0 saturated carbocycles. The fourth-order valence-corrected chi connectivity index (χ4v) is 2.33. The minimum atomic E-state index is -1.01. The predicted molar refractivity (Wildman–Crippen MR) is 76.4 cm³/mol. The van der Waals surface area contributed by atoms with Gasteiger partial charge >= 0.3 is 6.09 Å². The van der Waals surface area contributed by atoms with Gasteiger partial charge in [-0.1, -0.05) is 56.3 Å². The van der Waals surface area contributed by atoms with E-state index in [0.717, 1.165) is 5.56 Å². The molecule has 1 heterocycles. The standard InChI is InChI=1S/C14H19N5O2/c1-14(2,3)11(12-15-17-18-16-12)19(13(20)21)9-10-7-5-4-6-8-10/h4-8,11H,9H2,1-3H3,(H,20,21)(H,15,16,17,18)/t11-/m1/s1. The maximum atomic E-state index is 11.7. The molecule has 0 unspecified atom stereocenters. The Kier molecular flexibility index (Phi) is 4.21. The average molecular weight is 289 g/mol. The molecule has 1 amide bonds. The second-order valence-corrected chi connectivity index (χ2v) is 5.93. The van der Waals surface area contributed by atoms with Gasteiger partial charge in [0.25, 0.3) is 0 Å². The highest BCUT2D eigenvalue weighted by molar-refractivity contribution is 5.65. The summed E-state index contributed by atoms with van der Waals surface area (Å²) in [6.45, 7) is 6.13. The monoisotopic (exact) mass is 289 g/mol. The fraction of sp³-hybridized carbons (Fsp3) is 0.429. The van der Waals surface area contributed by atoms with Gasteiger partial charge in [-0.05, 0) is 11.0 Å². The third-order valence-electron chi connectivity index (χ3n) is 3.18. The molecule has 0 saturated heterocycles. The topological polar surface area (TPSA) is 95.0 Å². The summed E-state index contributed by atoms with van der Waals surface area (Å²) in [4.78, 5) is 13.1. The Bertz CT molecular complexity index is 577. The van der Waals surface area contributed by atoms with E-state index in [2.05, 4.69) is 20.6 Å². The molecule has 2 rings (SSSR count). The third kappa shape index (κ3) is 3.56. The van der Waals surface area contributed by atoms with Gasteiger partial charge in [-0.2, -0.15) is 5.21 Å². The van der Waals surface area contributed by atoms with E-state index < -0.39 is 12.1 Å². The Balaban J connectivity index is 2.36. The van der Waals surface area contributed by atoms with E-state index in [1.807, 2.05) is 51.1 Å². The minimum Gasteiger partial charge on any atom is -0.465 e. The summed E-state index contributed by atoms with van der Waals surface area (Å²) in [6.07, 6.45) is -1.01. The molecule has 0 fully saturated rings. The van der Waals surface area contributed by atoms with Gasteiger partial charge < -0.3 is 5.11 Å². The number of rotatable bonds is 4. The lowest BCUT2D eigenvalue weighted by Gasteiger charge is -2.36. The number of nitrogens with one attached hydrogen (secondary N) is 1. The molecular formula is C14H19N5O2. The maximum Gasteiger partial charge on any atom is 0.408 e. The summed E-state index contributed by atoms with van der Waals surface area (Å²) in [5.41, 5.74) is 0.550. The second kappa shape index (κ2) is 5.90. The first-order valence-corrected chi connectivity index (χ1v) is 6.66. The predicted octanol–water partition coefficient (Wildman–Crippen LogP) is 2.47. The zero-order valence-electron chi connectivity index (χ0n) is 12.3. The number of benzene rings is 1. The third-order valence-corrected chi connectivity index (χ3v) is 3.18. The lowest BCUT2D eigenvalue weighted by molar-refractivity contribution is 0.0727. The van der Waals surface area contributed by atoms with Gasteiger partial charge in [0, 0.05) is 6.54 Å².